The number of fused-ring (bicyclic) bond motifs is 2. The molecule has 0 saturated heterocycles. The van der Waals surface area contributed by atoms with Crippen molar-refractivity contribution in [3.63, 3.8) is 0 Å². The summed E-state index contributed by atoms with van der Waals surface area (Å²) in [6, 6.07) is 4.03. The van der Waals surface area contributed by atoms with Crippen LogP contribution in [0.15, 0.2) is 37.2 Å². The molecule has 2 aliphatic carbocycles. The average Bonchev–Trinajstić information content (AvgIpc) is 3.16. The maximum atomic E-state index is 4.39. The van der Waals surface area contributed by atoms with E-state index in [4.69, 9.17) is 0 Å². The van der Waals surface area contributed by atoms with Crippen molar-refractivity contribution in [1.82, 2.24) is 25.1 Å². The van der Waals surface area contributed by atoms with Crippen LogP contribution < -0.4 is 5.32 Å². The first-order valence-electron chi connectivity index (χ1n) is 10.1. The van der Waals surface area contributed by atoms with Crippen LogP contribution in [0, 0.1) is 12.8 Å². The lowest BCUT2D eigenvalue weighted by Gasteiger charge is -2.63. The largest absolute Gasteiger partial charge is 0.373 e. The third-order valence-electron chi connectivity index (χ3n) is 6.37. The van der Waals surface area contributed by atoms with Crippen molar-refractivity contribution >= 4 is 28.1 Å². The average molecular weight is 409 g/mol. The van der Waals surface area contributed by atoms with Gasteiger partial charge in [0.1, 0.15) is 15.8 Å². The van der Waals surface area contributed by atoms with Crippen molar-refractivity contribution in [1.29, 1.82) is 0 Å². The minimum Gasteiger partial charge on any atom is -0.373 e. The maximum Gasteiger partial charge on any atom is 0.149 e. The van der Waals surface area contributed by atoms with Gasteiger partial charge in [-0.25, -0.2) is 4.98 Å². The van der Waals surface area contributed by atoms with Gasteiger partial charge in [-0.1, -0.05) is 17.4 Å². The molecule has 0 spiro atoms. The standard InChI is InChI=1S/C12H11N5S.C10H17N/c1-7-16-17-12(18-7)9-3-8-4-11(13-2)15-6-10(8)14-5-9;1-3-8-11(2)10-6-4-9(10)5-7-10/h3-6H,1-2H3,(H,13,15);3,9H,1,4-8H2,2H3. The van der Waals surface area contributed by atoms with E-state index in [1.165, 1.54) is 25.7 Å². The predicted molar refractivity (Wildman–Crippen MR) is 120 cm³/mol. The molecule has 0 atom stereocenters. The summed E-state index contributed by atoms with van der Waals surface area (Å²) in [7, 11) is 4.09. The summed E-state index contributed by atoms with van der Waals surface area (Å²) in [5.74, 6) is 1.86. The first-order chi connectivity index (χ1) is 14.1. The number of nitrogens with zero attached hydrogens (tertiary/aromatic N) is 5. The Hall–Kier alpha value is -2.38. The summed E-state index contributed by atoms with van der Waals surface area (Å²) in [4.78, 5) is 11.1. The molecule has 2 saturated carbocycles. The van der Waals surface area contributed by atoms with Crippen LogP contribution in [0.2, 0.25) is 0 Å². The van der Waals surface area contributed by atoms with Gasteiger partial charge in [0.2, 0.25) is 0 Å². The normalized spacial score (nSPS) is 22.1. The number of hydrogen-bond donors (Lipinski definition) is 1. The van der Waals surface area contributed by atoms with Crippen molar-refractivity contribution in [2.24, 2.45) is 5.92 Å². The zero-order valence-corrected chi connectivity index (χ0v) is 18.2. The lowest BCUT2D eigenvalue weighted by molar-refractivity contribution is -0.102. The molecule has 2 aliphatic rings. The topological polar surface area (TPSA) is 66.8 Å². The molecule has 0 aliphatic heterocycles. The summed E-state index contributed by atoms with van der Waals surface area (Å²) in [5.41, 5.74) is 2.49. The molecule has 0 bridgehead atoms. The van der Waals surface area contributed by atoms with Crippen molar-refractivity contribution in [2.75, 3.05) is 26.0 Å². The van der Waals surface area contributed by atoms with Crippen LogP contribution in [-0.4, -0.2) is 51.2 Å². The van der Waals surface area contributed by atoms with Crippen LogP contribution in [-0.2, 0) is 0 Å². The predicted octanol–water partition coefficient (Wildman–Crippen LogP) is 4.55. The second-order valence-electron chi connectivity index (χ2n) is 7.91. The molecular weight excluding hydrogens is 380 g/mol. The van der Waals surface area contributed by atoms with Gasteiger partial charge in [0.15, 0.2) is 0 Å². The molecular formula is C22H28N6S. The van der Waals surface area contributed by atoms with Crippen LogP contribution in [0.25, 0.3) is 21.5 Å². The van der Waals surface area contributed by atoms with Gasteiger partial charge in [-0.15, -0.1) is 16.8 Å². The number of pyridine rings is 2. The van der Waals surface area contributed by atoms with E-state index in [1.807, 2.05) is 32.3 Å². The molecule has 0 amide bonds. The van der Waals surface area contributed by atoms with Crippen LogP contribution in [0.3, 0.4) is 0 Å². The van der Waals surface area contributed by atoms with Gasteiger partial charge in [0, 0.05) is 36.3 Å². The fourth-order valence-corrected chi connectivity index (χ4v) is 5.07. The third kappa shape index (κ3) is 3.76. The van der Waals surface area contributed by atoms with Gasteiger partial charge >= 0.3 is 0 Å². The summed E-state index contributed by atoms with van der Waals surface area (Å²) < 4.78 is 0. The number of anilines is 1. The molecule has 0 aromatic carbocycles. The molecule has 3 aromatic heterocycles. The second kappa shape index (κ2) is 8.16. The van der Waals surface area contributed by atoms with Gasteiger partial charge in [-0.05, 0) is 57.7 Å². The molecule has 2 fully saturated rings. The molecule has 152 valence electrons. The van der Waals surface area contributed by atoms with E-state index in [9.17, 15) is 0 Å². The van der Waals surface area contributed by atoms with Crippen molar-refractivity contribution in [2.45, 2.75) is 38.1 Å². The highest BCUT2D eigenvalue weighted by Crippen LogP contribution is 2.56. The highest BCUT2D eigenvalue weighted by atomic mass is 32.1. The number of nitrogens with one attached hydrogen (secondary N) is 1. The Morgan fingerprint density at radius 2 is 2.03 bits per heavy atom. The molecule has 3 aromatic rings. The molecule has 1 N–H and O–H groups in total. The van der Waals surface area contributed by atoms with Crippen molar-refractivity contribution in [3.8, 4) is 10.6 Å². The zero-order chi connectivity index (χ0) is 20.4. The number of rotatable bonds is 5. The van der Waals surface area contributed by atoms with E-state index < -0.39 is 0 Å². The minimum absolute atomic E-state index is 0.633. The van der Waals surface area contributed by atoms with E-state index in [0.717, 1.165) is 44.8 Å². The number of aromatic nitrogens is 4. The highest BCUT2D eigenvalue weighted by Gasteiger charge is 2.55. The second-order valence-corrected chi connectivity index (χ2v) is 9.09. The first kappa shape index (κ1) is 19.9. The fraction of sp³-hybridized carbons (Fsp3) is 0.455. The molecule has 7 heteroatoms. The molecule has 5 rings (SSSR count). The van der Waals surface area contributed by atoms with Gasteiger partial charge in [-0.2, -0.15) is 0 Å². The Morgan fingerprint density at radius 3 is 2.59 bits per heavy atom. The van der Waals surface area contributed by atoms with Gasteiger partial charge < -0.3 is 5.32 Å². The number of aryl methyl sites for hydroxylation is 1. The quantitative estimate of drug-likeness (QED) is 0.625. The Balaban J connectivity index is 0.000000159. The molecule has 6 nitrogen and oxygen atoms in total. The Kier molecular flexibility index (Phi) is 5.61. The third-order valence-corrected chi connectivity index (χ3v) is 7.26. The Morgan fingerprint density at radius 1 is 1.24 bits per heavy atom. The molecule has 0 radical (unpaired) electrons. The van der Waals surface area contributed by atoms with Gasteiger partial charge in [-0.3, -0.25) is 9.88 Å². The monoisotopic (exact) mass is 408 g/mol. The van der Waals surface area contributed by atoms with Crippen LogP contribution >= 0.6 is 11.3 Å². The van der Waals surface area contributed by atoms with Crippen molar-refractivity contribution < 1.29 is 0 Å². The summed E-state index contributed by atoms with van der Waals surface area (Å²) in [6.07, 6.45) is 11.4. The smallest absolute Gasteiger partial charge is 0.149 e. The lowest BCUT2D eigenvalue weighted by atomic mass is 9.52. The molecule has 3 heterocycles. The van der Waals surface area contributed by atoms with E-state index in [2.05, 4.69) is 50.1 Å². The Bertz CT molecular complexity index is 1010. The van der Waals surface area contributed by atoms with E-state index >= 15 is 0 Å². The van der Waals surface area contributed by atoms with E-state index in [1.54, 1.807) is 17.5 Å². The minimum atomic E-state index is 0.633. The van der Waals surface area contributed by atoms with Gasteiger partial charge in [0.25, 0.3) is 0 Å². The van der Waals surface area contributed by atoms with Crippen molar-refractivity contribution in [3.05, 3.63) is 42.2 Å². The lowest BCUT2D eigenvalue weighted by Crippen LogP contribution is -2.64. The van der Waals surface area contributed by atoms with Crippen LogP contribution in [0.5, 0.6) is 0 Å². The van der Waals surface area contributed by atoms with Crippen LogP contribution in [0.1, 0.15) is 30.7 Å². The maximum absolute atomic E-state index is 4.39. The zero-order valence-electron chi connectivity index (χ0n) is 17.4. The van der Waals surface area contributed by atoms with E-state index in [-0.39, 0.29) is 0 Å². The molecule has 0 unspecified atom stereocenters. The summed E-state index contributed by atoms with van der Waals surface area (Å²) in [6.45, 7) is 6.79. The highest BCUT2D eigenvalue weighted by molar-refractivity contribution is 7.14. The first-order valence-corrected chi connectivity index (χ1v) is 10.9. The summed E-state index contributed by atoms with van der Waals surface area (Å²) >= 11 is 1.57. The number of likely N-dealkylation sites (N-methyl/N-ethyl adjacent to an activating group) is 1. The van der Waals surface area contributed by atoms with Crippen LogP contribution in [0.4, 0.5) is 5.82 Å². The van der Waals surface area contributed by atoms with Gasteiger partial charge in [0.05, 0.1) is 11.7 Å². The Labute approximate surface area is 176 Å². The molecule has 29 heavy (non-hydrogen) atoms. The van der Waals surface area contributed by atoms with E-state index in [0.29, 0.717) is 5.54 Å². The fourth-order valence-electron chi connectivity index (χ4n) is 4.40. The SMILES string of the molecule is C=CCN(C)C12CCC1CC2.CNc1cc2cc(-c3nnc(C)s3)cnc2cn1. The number of hydrogen-bond acceptors (Lipinski definition) is 7. The summed E-state index contributed by atoms with van der Waals surface area (Å²) in [5, 5.41) is 14.1.